The second-order valence-corrected chi connectivity index (χ2v) is 10.1. The molecule has 176 valence electrons. The highest BCUT2D eigenvalue weighted by molar-refractivity contribution is 14.1. The van der Waals surface area contributed by atoms with Crippen molar-refractivity contribution in [3.63, 3.8) is 0 Å². The summed E-state index contributed by atoms with van der Waals surface area (Å²) in [6.45, 7) is 2.39. The minimum Gasteiger partial charge on any atom is -0.492 e. The Hall–Kier alpha value is -3.20. The summed E-state index contributed by atoms with van der Waals surface area (Å²) in [4.78, 5) is 27.3. The minimum atomic E-state index is -0.440. The first-order valence-electron chi connectivity index (χ1n) is 11.6. The van der Waals surface area contributed by atoms with Crippen molar-refractivity contribution in [2.75, 3.05) is 13.7 Å². The van der Waals surface area contributed by atoms with Crippen molar-refractivity contribution in [3.05, 3.63) is 92.1 Å². The van der Waals surface area contributed by atoms with E-state index in [0.29, 0.717) is 18.1 Å². The standard InChI is InChI=1S/C28H23IN2O4/c1-3-35-21-13-15(12-20(29)26(21)34-2)14-30-31-27(32)24-22-16-8-4-5-9-17(16)23(25(24)28(31)33)19-11-7-6-10-18(19)22/h4-14,22-25H,3H2,1-2H3/b30-14-/t22?,23?,24-,25+. The van der Waals surface area contributed by atoms with Crippen molar-refractivity contribution < 1.29 is 19.1 Å². The third-order valence-corrected chi connectivity index (χ3v) is 8.08. The molecule has 2 amide bonds. The highest BCUT2D eigenvalue weighted by atomic mass is 127. The second-order valence-electron chi connectivity index (χ2n) is 8.96. The first-order valence-corrected chi connectivity index (χ1v) is 12.7. The molecule has 0 N–H and O–H groups in total. The smallest absolute Gasteiger partial charge is 0.254 e. The number of carbonyl (C=O) groups is 2. The molecular weight excluding hydrogens is 555 g/mol. The molecular formula is C28H23IN2O4. The maximum atomic E-state index is 13.7. The summed E-state index contributed by atoms with van der Waals surface area (Å²) < 4.78 is 12.0. The van der Waals surface area contributed by atoms with Crippen molar-refractivity contribution in [2.24, 2.45) is 16.9 Å². The first-order chi connectivity index (χ1) is 17.0. The van der Waals surface area contributed by atoms with E-state index in [0.717, 1.165) is 36.4 Å². The predicted octanol–water partition coefficient (Wildman–Crippen LogP) is 4.92. The number of imide groups is 1. The van der Waals surface area contributed by atoms with Gasteiger partial charge in [-0.3, -0.25) is 9.59 Å². The van der Waals surface area contributed by atoms with E-state index in [1.807, 2.05) is 43.3 Å². The molecule has 3 aliphatic carbocycles. The lowest BCUT2D eigenvalue weighted by Gasteiger charge is -2.45. The van der Waals surface area contributed by atoms with Gasteiger partial charge in [-0.25, -0.2) is 0 Å². The van der Waals surface area contributed by atoms with E-state index in [-0.39, 0.29) is 23.7 Å². The fourth-order valence-electron chi connectivity index (χ4n) is 6.02. The quantitative estimate of drug-likeness (QED) is 0.245. The topological polar surface area (TPSA) is 68.2 Å². The van der Waals surface area contributed by atoms with Gasteiger partial charge >= 0.3 is 0 Å². The molecule has 6 nitrogen and oxygen atoms in total. The molecule has 0 aromatic heterocycles. The maximum absolute atomic E-state index is 13.7. The molecule has 1 saturated heterocycles. The van der Waals surface area contributed by atoms with Crippen LogP contribution in [-0.2, 0) is 9.59 Å². The lowest BCUT2D eigenvalue weighted by Crippen LogP contribution is -2.41. The van der Waals surface area contributed by atoms with Gasteiger partial charge in [0, 0.05) is 11.8 Å². The number of methoxy groups -OCH3 is 1. The van der Waals surface area contributed by atoms with Crippen molar-refractivity contribution in [1.29, 1.82) is 0 Å². The molecule has 0 unspecified atom stereocenters. The molecule has 3 aromatic carbocycles. The molecule has 2 bridgehead atoms. The largest absolute Gasteiger partial charge is 0.492 e. The number of nitrogens with zero attached hydrogens (tertiary/aromatic N) is 2. The van der Waals surface area contributed by atoms with Crippen molar-refractivity contribution in [3.8, 4) is 11.5 Å². The molecule has 35 heavy (non-hydrogen) atoms. The molecule has 0 saturated carbocycles. The average molecular weight is 578 g/mol. The zero-order chi connectivity index (χ0) is 24.3. The lowest BCUT2D eigenvalue weighted by atomic mass is 9.55. The summed E-state index contributed by atoms with van der Waals surface area (Å²) in [5, 5.41) is 5.50. The summed E-state index contributed by atoms with van der Waals surface area (Å²) >= 11 is 2.17. The van der Waals surface area contributed by atoms with Gasteiger partial charge in [-0.15, -0.1) is 0 Å². The van der Waals surface area contributed by atoms with E-state index >= 15 is 0 Å². The Balaban J connectivity index is 1.39. The highest BCUT2D eigenvalue weighted by Crippen LogP contribution is 2.60. The van der Waals surface area contributed by atoms with Crippen LogP contribution in [0.4, 0.5) is 0 Å². The molecule has 2 atom stereocenters. The Morgan fingerprint density at radius 3 is 1.89 bits per heavy atom. The van der Waals surface area contributed by atoms with E-state index in [9.17, 15) is 9.59 Å². The summed E-state index contributed by atoms with van der Waals surface area (Å²) in [5.74, 6) is -0.377. The van der Waals surface area contributed by atoms with Crippen LogP contribution in [0.5, 0.6) is 11.5 Å². The highest BCUT2D eigenvalue weighted by Gasteiger charge is 2.61. The Bertz CT molecular complexity index is 1290. The van der Waals surface area contributed by atoms with Crippen LogP contribution >= 0.6 is 22.6 Å². The summed E-state index contributed by atoms with van der Waals surface area (Å²) in [6, 6.07) is 20.1. The minimum absolute atomic E-state index is 0.138. The Morgan fingerprint density at radius 1 is 0.914 bits per heavy atom. The van der Waals surface area contributed by atoms with Gasteiger partial charge in [-0.1, -0.05) is 48.5 Å². The first kappa shape index (κ1) is 22.3. The van der Waals surface area contributed by atoms with Crippen LogP contribution in [0.25, 0.3) is 0 Å². The normalized spacial score (nSPS) is 23.9. The van der Waals surface area contributed by atoms with Gasteiger partial charge in [0.05, 0.1) is 35.3 Å². The van der Waals surface area contributed by atoms with Gasteiger partial charge in [0.15, 0.2) is 11.5 Å². The molecule has 1 fully saturated rings. The number of hydrogen-bond donors (Lipinski definition) is 0. The van der Waals surface area contributed by atoms with E-state index < -0.39 is 11.8 Å². The summed E-state index contributed by atoms with van der Waals surface area (Å²) in [7, 11) is 1.60. The Morgan fingerprint density at radius 2 is 1.43 bits per heavy atom. The van der Waals surface area contributed by atoms with Crippen molar-refractivity contribution >= 4 is 40.6 Å². The van der Waals surface area contributed by atoms with Gasteiger partial charge in [-0.05, 0) is 69.5 Å². The van der Waals surface area contributed by atoms with Crippen LogP contribution in [-0.4, -0.2) is 36.8 Å². The van der Waals surface area contributed by atoms with Crippen LogP contribution in [0, 0.1) is 15.4 Å². The van der Waals surface area contributed by atoms with E-state index in [1.54, 1.807) is 13.3 Å². The molecule has 0 radical (unpaired) electrons. The molecule has 7 heteroatoms. The van der Waals surface area contributed by atoms with Gasteiger partial charge in [-0.2, -0.15) is 10.1 Å². The SMILES string of the molecule is CCOc1cc(/C=N\N2C(=O)[C@@H]3C4c5ccccc5C(c5ccccc54)[C@@H]3C2=O)cc(I)c1OC. The van der Waals surface area contributed by atoms with Gasteiger partial charge in [0.25, 0.3) is 11.8 Å². The second kappa shape index (κ2) is 8.48. The van der Waals surface area contributed by atoms with Gasteiger partial charge in [0.1, 0.15) is 0 Å². The van der Waals surface area contributed by atoms with E-state index in [1.165, 1.54) is 0 Å². The number of rotatable bonds is 5. The number of carbonyl (C=O) groups excluding carboxylic acids is 2. The number of hydrogen-bond acceptors (Lipinski definition) is 5. The van der Waals surface area contributed by atoms with Crippen LogP contribution in [0.3, 0.4) is 0 Å². The zero-order valence-corrected chi connectivity index (χ0v) is 21.4. The van der Waals surface area contributed by atoms with E-state index in [2.05, 4.69) is 52.0 Å². The van der Waals surface area contributed by atoms with Crippen LogP contribution in [0.2, 0.25) is 0 Å². The maximum Gasteiger partial charge on any atom is 0.254 e. The predicted molar refractivity (Wildman–Crippen MR) is 140 cm³/mol. The number of halogens is 1. The number of benzene rings is 3. The number of hydrazone groups is 1. The fraction of sp³-hybridized carbons (Fsp3) is 0.250. The third-order valence-electron chi connectivity index (χ3n) is 7.28. The average Bonchev–Trinajstić information content (AvgIpc) is 3.13. The summed E-state index contributed by atoms with van der Waals surface area (Å²) in [6.07, 6.45) is 1.56. The Kier molecular flexibility index (Phi) is 5.40. The molecule has 4 aliphatic rings. The summed E-state index contributed by atoms with van der Waals surface area (Å²) in [5.41, 5.74) is 5.32. The van der Waals surface area contributed by atoms with Crippen LogP contribution in [0.15, 0.2) is 65.8 Å². The third kappa shape index (κ3) is 3.24. The molecule has 1 aliphatic heterocycles. The molecule has 1 heterocycles. The monoisotopic (exact) mass is 578 g/mol. The lowest BCUT2D eigenvalue weighted by molar-refractivity contribution is -0.139. The van der Waals surface area contributed by atoms with Crippen molar-refractivity contribution in [2.45, 2.75) is 18.8 Å². The van der Waals surface area contributed by atoms with Crippen LogP contribution in [0.1, 0.15) is 46.6 Å². The van der Waals surface area contributed by atoms with Crippen molar-refractivity contribution in [1.82, 2.24) is 5.01 Å². The molecule has 0 spiro atoms. The Labute approximate surface area is 217 Å². The molecule has 7 rings (SSSR count). The number of amides is 2. The van der Waals surface area contributed by atoms with E-state index in [4.69, 9.17) is 9.47 Å². The van der Waals surface area contributed by atoms with Crippen LogP contribution < -0.4 is 9.47 Å². The van der Waals surface area contributed by atoms with Gasteiger partial charge in [0.2, 0.25) is 0 Å². The fourth-order valence-corrected chi connectivity index (χ4v) is 6.87. The molecule has 3 aromatic rings. The van der Waals surface area contributed by atoms with Gasteiger partial charge < -0.3 is 9.47 Å². The number of ether oxygens (including phenoxy) is 2. The zero-order valence-electron chi connectivity index (χ0n) is 19.3.